The van der Waals surface area contributed by atoms with Crippen LogP contribution in [-0.4, -0.2) is 10.9 Å². The van der Waals surface area contributed by atoms with Crippen LogP contribution < -0.4 is 5.32 Å². The molecule has 2 aromatic carbocycles. The fraction of sp³-hybridized carbons (Fsp3) is 0.222. The third-order valence-electron chi connectivity index (χ3n) is 4.12. The summed E-state index contributed by atoms with van der Waals surface area (Å²) in [7, 11) is 0. The highest BCUT2D eigenvalue weighted by Gasteiger charge is 2.13. The van der Waals surface area contributed by atoms with E-state index in [9.17, 15) is 9.18 Å². The molecule has 0 radical (unpaired) electrons. The van der Waals surface area contributed by atoms with Crippen molar-refractivity contribution in [3.05, 3.63) is 58.9 Å². The summed E-state index contributed by atoms with van der Waals surface area (Å²) in [4.78, 5) is 16.5. The Kier molecular flexibility index (Phi) is 3.58. The van der Waals surface area contributed by atoms with Crippen LogP contribution in [0.5, 0.6) is 0 Å². The lowest BCUT2D eigenvalue weighted by atomic mass is 10.0. The van der Waals surface area contributed by atoms with Crippen LogP contribution in [0, 0.1) is 5.82 Å². The van der Waals surface area contributed by atoms with Gasteiger partial charge in [-0.15, -0.1) is 0 Å². The average molecular weight is 326 g/mol. The Morgan fingerprint density at radius 1 is 1.17 bits per heavy atom. The summed E-state index contributed by atoms with van der Waals surface area (Å²) in [5, 5.41) is 3.32. The number of benzene rings is 2. The normalized spacial score (nSPS) is 13.3. The SMILES string of the molecule is O=C(Cc1ccc2c(c1)CCC2)Nc1nc2ccc(F)cc2s1. The summed E-state index contributed by atoms with van der Waals surface area (Å²) in [6.45, 7) is 0. The van der Waals surface area contributed by atoms with E-state index in [1.807, 2.05) is 6.07 Å². The van der Waals surface area contributed by atoms with Crippen LogP contribution in [-0.2, 0) is 24.1 Å². The van der Waals surface area contributed by atoms with Gasteiger partial charge >= 0.3 is 0 Å². The van der Waals surface area contributed by atoms with E-state index < -0.39 is 0 Å². The van der Waals surface area contributed by atoms with E-state index in [0.29, 0.717) is 17.1 Å². The second kappa shape index (κ2) is 5.74. The molecule has 0 spiro atoms. The fourth-order valence-corrected chi connectivity index (χ4v) is 3.94. The second-order valence-corrected chi connectivity index (χ2v) is 6.84. The number of nitrogens with zero attached hydrogens (tertiary/aromatic N) is 1. The Morgan fingerprint density at radius 3 is 2.96 bits per heavy atom. The predicted octanol–water partition coefficient (Wildman–Crippen LogP) is 4.11. The number of amides is 1. The molecule has 0 aliphatic heterocycles. The Morgan fingerprint density at radius 2 is 2.04 bits per heavy atom. The first kappa shape index (κ1) is 14.3. The van der Waals surface area contributed by atoms with Gasteiger partial charge in [0, 0.05) is 0 Å². The van der Waals surface area contributed by atoms with Crippen molar-refractivity contribution >= 4 is 32.6 Å². The Labute approximate surface area is 137 Å². The monoisotopic (exact) mass is 326 g/mol. The number of carbonyl (C=O) groups is 1. The molecular weight excluding hydrogens is 311 g/mol. The zero-order valence-corrected chi connectivity index (χ0v) is 13.3. The van der Waals surface area contributed by atoms with Crippen molar-refractivity contribution in [3.63, 3.8) is 0 Å². The number of thiazole rings is 1. The molecule has 23 heavy (non-hydrogen) atoms. The molecule has 1 N–H and O–H groups in total. The van der Waals surface area contributed by atoms with E-state index >= 15 is 0 Å². The number of aryl methyl sites for hydroxylation is 2. The highest BCUT2D eigenvalue weighted by atomic mass is 32.1. The van der Waals surface area contributed by atoms with Gasteiger partial charge in [0.25, 0.3) is 0 Å². The van der Waals surface area contributed by atoms with Gasteiger partial charge in [0.15, 0.2) is 5.13 Å². The van der Waals surface area contributed by atoms with Gasteiger partial charge in [0.05, 0.1) is 16.6 Å². The summed E-state index contributed by atoms with van der Waals surface area (Å²) in [5.74, 6) is -0.389. The van der Waals surface area contributed by atoms with E-state index in [-0.39, 0.29) is 11.7 Å². The summed E-state index contributed by atoms with van der Waals surface area (Å²) in [6, 6.07) is 10.7. The molecule has 0 unspecified atom stereocenters. The lowest BCUT2D eigenvalue weighted by Gasteiger charge is -2.05. The molecule has 1 heterocycles. The standard InChI is InChI=1S/C18H15FN2OS/c19-14-6-7-15-16(10-14)23-18(20-15)21-17(22)9-11-4-5-12-2-1-3-13(12)8-11/h4-8,10H,1-3,9H2,(H,20,21,22). The molecule has 0 bridgehead atoms. The summed E-state index contributed by atoms with van der Waals surface area (Å²) in [5.41, 5.74) is 4.49. The molecule has 1 aliphatic rings. The van der Waals surface area contributed by atoms with Gasteiger partial charge < -0.3 is 5.32 Å². The summed E-state index contributed by atoms with van der Waals surface area (Å²) >= 11 is 1.29. The van der Waals surface area contributed by atoms with Crippen molar-refractivity contribution in [2.45, 2.75) is 25.7 Å². The molecule has 1 amide bonds. The molecule has 3 nitrogen and oxygen atoms in total. The minimum Gasteiger partial charge on any atom is -0.302 e. The van der Waals surface area contributed by atoms with E-state index in [4.69, 9.17) is 0 Å². The molecule has 1 aromatic heterocycles. The second-order valence-electron chi connectivity index (χ2n) is 5.81. The first-order valence-electron chi connectivity index (χ1n) is 7.64. The number of hydrogen-bond acceptors (Lipinski definition) is 3. The number of fused-ring (bicyclic) bond motifs is 2. The Bertz CT molecular complexity index is 903. The van der Waals surface area contributed by atoms with Crippen molar-refractivity contribution in [2.75, 3.05) is 5.32 Å². The number of rotatable bonds is 3. The van der Waals surface area contributed by atoms with E-state index in [2.05, 4.69) is 22.4 Å². The van der Waals surface area contributed by atoms with Crippen molar-refractivity contribution in [2.24, 2.45) is 0 Å². The smallest absolute Gasteiger partial charge is 0.230 e. The predicted molar refractivity (Wildman–Crippen MR) is 90.4 cm³/mol. The van der Waals surface area contributed by atoms with Gasteiger partial charge in [-0.1, -0.05) is 29.5 Å². The third-order valence-corrected chi connectivity index (χ3v) is 5.06. The molecule has 5 heteroatoms. The van der Waals surface area contributed by atoms with Crippen LogP contribution >= 0.6 is 11.3 Å². The molecule has 3 aromatic rings. The maximum Gasteiger partial charge on any atom is 0.230 e. The first-order valence-corrected chi connectivity index (χ1v) is 8.46. The zero-order valence-electron chi connectivity index (χ0n) is 12.4. The van der Waals surface area contributed by atoms with Gasteiger partial charge in [-0.25, -0.2) is 9.37 Å². The zero-order chi connectivity index (χ0) is 15.8. The number of anilines is 1. The van der Waals surface area contributed by atoms with Gasteiger partial charge in [-0.3, -0.25) is 4.79 Å². The fourth-order valence-electron chi connectivity index (χ4n) is 3.04. The van der Waals surface area contributed by atoms with E-state index in [1.165, 1.54) is 41.0 Å². The third kappa shape index (κ3) is 2.97. The quantitative estimate of drug-likeness (QED) is 0.787. The molecule has 0 atom stereocenters. The molecule has 0 saturated carbocycles. The van der Waals surface area contributed by atoms with Gasteiger partial charge in [0.1, 0.15) is 5.82 Å². The highest BCUT2D eigenvalue weighted by molar-refractivity contribution is 7.22. The van der Waals surface area contributed by atoms with Crippen molar-refractivity contribution < 1.29 is 9.18 Å². The van der Waals surface area contributed by atoms with Crippen LogP contribution in [0.15, 0.2) is 36.4 Å². The maximum absolute atomic E-state index is 13.2. The summed E-state index contributed by atoms with van der Waals surface area (Å²) in [6.07, 6.45) is 3.78. The van der Waals surface area contributed by atoms with Gasteiger partial charge in [-0.05, 0) is 54.2 Å². The average Bonchev–Trinajstić information content (AvgIpc) is 3.11. The molecule has 1 aliphatic carbocycles. The topological polar surface area (TPSA) is 42.0 Å². The van der Waals surface area contributed by atoms with Gasteiger partial charge in [-0.2, -0.15) is 0 Å². The first-order chi connectivity index (χ1) is 11.2. The van der Waals surface area contributed by atoms with Crippen LogP contribution in [0.1, 0.15) is 23.1 Å². The van der Waals surface area contributed by atoms with Crippen molar-refractivity contribution in [3.8, 4) is 0 Å². The molecule has 4 rings (SSSR count). The lowest BCUT2D eigenvalue weighted by molar-refractivity contribution is -0.115. The maximum atomic E-state index is 13.2. The molecular formula is C18H15FN2OS. The Balaban J connectivity index is 1.48. The lowest BCUT2D eigenvalue weighted by Crippen LogP contribution is -2.14. The van der Waals surface area contributed by atoms with Crippen molar-refractivity contribution in [1.82, 2.24) is 4.98 Å². The number of carbonyl (C=O) groups excluding carboxylic acids is 1. The molecule has 116 valence electrons. The molecule has 0 saturated heterocycles. The minimum atomic E-state index is -0.294. The van der Waals surface area contributed by atoms with Crippen LogP contribution in [0.3, 0.4) is 0 Å². The van der Waals surface area contributed by atoms with Crippen molar-refractivity contribution in [1.29, 1.82) is 0 Å². The molecule has 0 fully saturated rings. The number of halogens is 1. The van der Waals surface area contributed by atoms with Crippen LogP contribution in [0.25, 0.3) is 10.2 Å². The van der Waals surface area contributed by atoms with Gasteiger partial charge in [0.2, 0.25) is 5.91 Å². The Hall–Kier alpha value is -2.27. The highest BCUT2D eigenvalue weighted by Crippen LogP contribution is 2.27. The number of hydrogen-bond donors (Lipinski definition) is 1. The number of nitrogens with one attached hydrogen (secondary N) is 1. The van der Waals surface area contributed by atoms with Crippen LogP contribution in [0.4, 0.5) is 9.52 Å². The largest absolute Gasteiger partial charge is 0.302 e. The van der Waals surface area contributed by atoms with E-state index in [0.717, 1.165) is 23.1 Å². The summed E-state index contributed by atoms with van der Waals surface area (Å²) < 4.78 is 13.9. The van der Waals surface area contributed by atoms with Crippen LogP contribution in [0.2, 0.25) is 0 Å². The van der Waals surface area contributed by atoms with E-state index in [1.54, 1.807) is 6.07 Å². The minimum absolute atomic E-state index is 0.0949. The number of aromatic nitrogens is 1.